The molecule has 0 saturated carbocycles. The molecule has 1 fully saturated rings. The van der Waals surface area contributed by atoms with Crippen LogP contribution in [0, 0.1) is 0 Å². The Bertz CT molecular complexity index is 416. The highest BCUT2D eigenvalue weighted by Gasteiger charge is 2.23. The summed E-state index contributed by atoms with van der Waals surface area (Å²) < 4.78 is 5.53. The van der Waals surface area contributed by atoms with Crippen molar-refractivity contribution < 1.29 is 9.84 Å². The average Bonchev–Trinajstić information content (AvgIpc) is 2.88. The molecule has 2 heterocycles. The molecule has 18 heavy (non-hydrogen) atoms. The first-order valence-corrected chi connectivity index (χ1v) is 6.70. The van der Waals surface area contributed by atoms with Crippen LogP contribution in [0.5, 0.6) is 5.75 Å². The second-order valence-electron chi connectivity index (χ2n) is 4.95. The van der Waals surface area contributed by atoms with Crippen molar-refractivity contribution in [2.45, 2.75) is 12.5 Å². The molecule has 4 heteroatoms. The lowest BCUT2D eigenvalue weighted by molar-refractivity contribution is 0.111. The first-order chi connectivity index (χ1) is 8.88. The Hall–Kier alpha value is -1.10. The molecule has 4 nitrogen and oxygen atoms in total. The minimum Gasteiger partial charge on any atom is -0.493 e. The first-order valence-electron chi connectivity index (χ1n) is 6.70. The van der Waals surface area contributed by atoms with E-state index in [2.05, 4.69) is 22.3 Å². The van der Waals surface area contributed by atoms with Crippen molar-refractivity contribution in [3.63, 3.8) is 0 Å². The Labute approximate surface area is 108 Å². The van der Waals surface area contributed by atoms with Gasteiger partial charge in [-0.25, -0.2) is 0 Å². The Morgan fingerprint density at radius 3 is 2.94 bits per heavy atom. The lowest BCUT2D eigenvalue weighted by Gasteiger charge is -2.34. The molecule has 0 bridgehead atoms. The van der Waals surface area contributed by atoms with Crippen LogP contribution in [0.1, 0.15) is 17.2 Å². The van der Waals surface area contributed by atoms with Crippen LogP contribution >= 0.6 is 0 Å². The number of ether oxygens (including phenoxy) is 1. The van der Waals surface area contributed by atoms with E-state index in [9.17, 15) is 5.11 Å². The number of benzene rings is 1. The highest BCUT2D eigenvalue weighted by atomic mass is 16.5. The Kier molecular flexibility index (Phi) is 3.50. The third-order valence-corrected chi connectivity index (χ3v) is 3.86. The molecule has 98 valence electrons. The van der Waals surface area contributed by atoms with Crippen molar-refractivity contribution in [2.75, 3.05) is 39.4 Å². The predicted octanol–water partition coefficient (Wildman–Crippen LogP) is 0.560. The van der Waals surface area contributed by atoms with Crippen LogP contribution in [0.15, 0.2) is 18.2 Å². The van der Waals surface area contributed by atoms with Crippen LogP contribution in [0.3, 0.4) is 0 Å². The lowest BCUT2D eigenvalue weighted by Crippen LogP contribution is -2.46. The average molecular weight is 248 g/mol. The van der Waals surface area contributed by atoms with Crippen LogP contribution in [0.4, 0.5) is 0 Å². The third kappa shape index (κ3) is 2.23. The van der Waals surface area contributed by atoms with Crippen molar-refractivity contribution >= 4 is 0 Å². The van der Waals surface area contributed by atoms with Crippen molar-refractivity contribution in [3.05, 3.63) is 29.3 Å². The van der Waals surface area contributed by atoms with Gasteiger partial charge in [-0.05, 0) is 17.2 Å². The standard InChI is InChI=1S/C14H20N2O2/c17-10-13(16-6-4-15-5-7-16)11-1-2-14-12(9-11)3-8-18-14/h1-2,9,13,15,17H,3-8,10H2. The maximum Gasteiger partial charge on any atom is 0.122 e. The van der Waals surface area contributed by atoms with Crippen molar-refractivity contribution in [1.82, 2.24) is 10.2 Å². The van der Waals surface area contributed by atoms with Crippen molar-refractivity contribution in [1.29, 1.82) is 0 Å². The highest BCUT2D eigenvalue weighted by Crippen LogP contribution is 2.30. The highest BCUT2D eigenvalue weighted by molar-refractivity contribution is 5.40. The molecule has 1 saturated heterocycles. The lowest BCUT2D eigenvalue weighted by atomic mass is 10.0. The number of aliphatic hydroxyl groups excluding tert-OH is 1. The molecular formula is C14H20N2O2. The summed E-state index contributed by atoms with van der Waals surface area (Å²) in [5.74, 6) is 1.01. The summed E-state index contributed by atoms with van der Waals surface area (Å²) in [7, 11) is 0. The zero-order valence-electron chi connectivity index (χ0n) is 10.6. The van der Waals surface area contributed by atoms with Crippen molar-refractivity contribution in [3.8, 4) is 5.75 Å². The van der Waals surface area contributed by atoms with E-state index in [-0.39, 0.29) is 12.6 Å². The number of rotatable bonds is 3. The molecular weight excluding hydrogens is 228 g/mol. The van der Waals surface area contributed by atoms with Crippen LogP contribution in [0.2, 0.25) is 0 Å². The van der Waals surface area contributed by atoms with E-state index in [0.29, 0.717) is 0 Å². The Morgan fingerprint density at radius 1 is 1.33 bits per heavy atom. The number of piperazine rings is 1. The molecule has 0 spiro atoms. The Morgan fingerprint density at radius 2 is 2.17 bits per heavy atom. The number of aliphatic hydroxyl groups is 1. The second kappa shape index (κ2) is 5.26. The molecule has 1 atom stereocenters. The van der Waals surface area contributed by atoms with Gasteiger partial charge in [0.15, 0.2) is 0 Å². The first kappa shape index (κ1) is 12.0. The SMILES string of the molecule is OCC(c1ccc2c(c1)CCO2)N1CCNCC1. The van der Waals surface area contributed by atoms with E-state index in [1.807, 2.05) is 6.07 Å². The second-order valence-corrected chi connectivity index (χ2v) is 4.95. The molecule has 2 aliphatic heterocycles. The number of nitrogens with zero attached hydrogens (tertiary/aromatic N) is 1. The fraction of sp³-hybridized carbons (Fsp3) is 0.571. The molecule has 3 rings (SSSR count). The molecule has 0 radical (unpaired) electrons. The number of fused-ring (bicyclic) bond motifs is 1. The van der Waals surface area contributed by atoms with Gasteiger partial charge in [0.05, 0.1) is 19.3 Å². The van der Waals surface area contributed by atoms with E-state index >= 15 is 0 Å². The van der Waals surface area contributed by atoms with Gasteiger partial charge in [0.2, 0.25) is 0 Å². The number of hydrogen-bond acceptors (Lipinski definition) is 4. The van der Waals surface area contributed by atoms with Gasteiger partial charge in [-0.2, -0.15) is 0 Å². The van der Waals surface area contributed by atoms with Crippen LogP contribution in [-0.4, -0.2) is 49.4 Å². The zero-order valence-corrected chi connectivity index (χ0v) is 10.6. The van der Waals surface area contributed by atoms with E-state index < -0.39 is 0 Å². The molecule has 0 aromatic heterocycles. The fourth-order valence-electron chi connectivity index (χ4n) is 2.84. The van der Waals surface area contributed by atoms with Gasteiger partial charge in [-0.15, -0.1) is 0 Å². The molecule has 1 unspecified atom stereocenters. The van der Waals surface area contributed by atoms with Gasteiger partial charge < -0.3 is 15.2 Å². The maximum atomic E-state index is 9.69. The summed E-state index contributed by atoms with van der Waals surface area (Å²) >= 11 is 0. The van der Waals surface area contributed by atoms with Crippen LogP contribution in [-0.2, 0) is 6.42 Å². The van der Waals surface area contributed by atoms with E-state index in [0.717, 1.165) is 45.0 Å². The van der Waals surface area contributed by atoms with Crippen molar-refractivity contribution in [2.24, 2.45) is 0 Å². The molecule has 1 aromatic rings. The summed E-state index contributed by atoms with van der Waals surface area (Å²) in [5.41, 5.74) is 2.49. The molecule has 1 aromatic carbocycles. The van der Waals surface area contributed by atoms with Gasteiger partial charge in [0.1, 0.15) is 5.75 Å². The topological polar surface area (TPSA) is 44.7 Å². The number of hydrogen-bond donors (Lipinski definition) is 2. The number of nitrogens with one attached hydrogen (secondary N) is 1. The van der Waals surface area contributed by atoms with Gasteiger partial charge in [0.25, 0.3) is 0 Å². The van der Waals surface area contributed by atoms with Gasteiger partial charge in [-0.3, -0.25) is 4.90 Å². The van der Waals surface area contributed by atoms with Gasteiger partial charge in [-0.1, -0.05) is 12.1 Å². The predicted molar refractivity (Wildman–Crippen MR) is 69.9 cm³/mol. The van der Waals surface area contributed by atoms with E-state index in [1.165, 1.54) is 11.1 Å². The van der Waals surface area contributed by atoms with Gasteiger partial charge >= 0.3 is 0 Å². The smallest absolute Gasteiger partial charge is 0.122 e. The molecule has 0 amide bonds. The quantitative estimate of drug-likeness (QED) is 0.820. The monoisotopic (exact) mass is 248 g/mol. The molecule has 2 aliphatic rings. The van der Waals surface area contributed by atoms with Crippen LogP contribution < -0.4 is 10.1 Å². The summed E-state index contributed by atoms with van der Waals surface area (Å²) in [6.45, 7) is 4.97. The normalized spacial score (nSPS) is 21.4. The minimum atomic E-state index is 0.123. The maximum absolute atomic E-state index is 9.69. The summed E-state index contributed by atoms with van der Waals surface area (Å²) in [6, 6.07) is 6.46. The molecule has 0 aliphatic carbocycles. The van der Waals surface area contributed by atoms with E-state index in [4.69, 9.17) is 4.74 Å². The zero-order chi connectivity index (χ0) is 12.4. The summed E-state index contributed by atoms with van der Waals surface area (Å²) in [5, 5.41) is 13.0. The fourth-order valence-corrected chi connectivity index (χ4v) is 2.84. The minimum absolute atomic E-state index is 0.123. The molecule has 2 N–H and O–H groups in total. The summed E-state index contributed by atoms with van der Waals surface area (Å²) in [6.07, 6.45) is 0.989. The summed E-state index contributed by atoms with van der Waals surface area (Å²) in [4.78, 5) is 2.36. The van der Waals surface area contributed by atoms with Crippen LogP contribution in [0.25, 0.3) is 0 Å². The Balaban J connectivity index is 1.82. The van der Waals surface area contributed by atoms with E-state index in [1.54, 1.807) is 0 Å². The third-order valence-electron chi connectivity index (χ3n) is 3.86. The van der Waals surface area contributed by atoms with Gasteiger partial charge in [0, 0.05) is 32.6 Å². The largest absolute Gasteiger partial charge is 0.493 e.